The number of ether oxygens (including phenoxy) is 1. The van der Waals surface area contributed by atoms with Crippen LogP contribution in [-0.4, -0.2) is 51.5 Å². The number of aromatic nitrogens is 4. The lowest BCUT2D eigenvalue weighted by Crippen LogP contribution is -2.26. The number of unbranched alkanes of at least 4 members (excludes halogenated alkanes) is 12. The first-order valence-electron chi connectivity index (χ1n) is 16.0. The van der Waals surface area contributed by atoms with Crippen LogP contribution in [0.25, 0.3) is 11.2 Å². The van der Waals surface area contributed by atoms with Gasteiger partial charge in [-0.2, -0.15) is 0 Å². The number of rotatable bonds is 24. The van der Waals surface area contributed by atoms with Crippen LogP contribution in [0.3, 0.4) is 0 Å². The zero-order chi connectivity index (χ0) is 30.1. The molecule has 0 amide bonds. The molecule has 2 aromatic rings. The molecule has 0 saturated carbocycles. The van der Waals surface area contributed by atoms with Crippen LogP contribution >= 0.6 is 7.60 Å². The summed E-state index contributed by atoms with van der Waals surface area (Å²) in [5.41, 5.74) is 6.96. The van der Waals surface area contributed by atoms with Crippen LogP contribution in [0.4, 0.5) is 5.82 Å². The van der Waals surface area contributed by atoms with E-state index in [2.05, 4.69) is 41.9 Å². The molecule has 0 aliphatic heterocycles. The highest BCUT2D eigenvalue weighted by Crippen LogP contribution is 2.42. The van der Waals surface area contributed by atoms with E-state index in [1.807, 2.05) is 6.92 Å². The Labute approximate surface area is 250 Å². The van der Waals surface area contributed by atoms with Crippen LogP contribution in [0.2, 0.25) is 25.2 Å². The summed E-state index contributed by atoms with van der Waals surface area (Å²) in [5, 5.41) is 0. The van der Waals surface area contributed by atoms with Crippen molar-refractivity contribution in [3.05, 3.63) is 12.7 Å². The third-order valence-corrected chi connectivity index (χ3v) is 12.3. The predicted octanol–water partition coefficient (Wildman–Crippen LogP) is 8.41. The second-order valence-corrected chi connectivity index (χ2v) is 20.0. The van der Waals surface area contributed by atoms with Crippen molar-refractivity contribution in [3.8, 4) is 0 Å². The van der Waals surface area contributed by atoms with Crippen LogP contribution in [-0.2, 0) is 20.4 Å². The average Bonchev–Trinajstić information content (AvgIpc) is 3.30. The van der Waals surface area contributed by atoms with Crippen LogP contribution in [0.5, 0.6) is 0 Å². The third kappa shape index (κ3) is 15.6. The average molecular weight is 612 g/mol. The Kier molecular flexibility index (Phi) is 16.7. The third-order valence-electron chi connectivity index (χ3n) is 7.66. The zero-order valence-electron chi connectivity index (χ0n) is 26.5. The van der Waals surface area contributed by atoms with Gasteiger partial charge in [0.25, 0.3) is 0 Å². The summed E-state index contributed by atoms with van der Waals surface area (Å²) in [5.74, 6) is 1.18. The van der Waals surface area contributed by atoms with Crippen LogP contribution < -0.4 is 5.73 Å². The molecule has 41 heavy (non-hydrogen) atoms. The number of fused-ring (bicyclic) bond motifs is 1. The maximum atomic E-state index is 12.3. The molecule has 2 rings (SSSR count). The van der Waals surface area contributed by atoms with Crippen molar-refractivity contribution in [2.45, 2.75) is 142 Å². The molecule has 11 heteroatoms. The monoisotopic (exact) mass is 611 g/mol. The summed E-state index contributed by atoms with van der Waals surface area (Å²) in [6.07, 6.45) is 18.9. The fraction of sp³-hybridized carbons (Fsp3) is 0.833. The summed E-state index contributed by atoms with van der Waals surface area (Å²) in [4.78, 5) is 22.5. The molecule has 2 aromatic heterocycles. The van der Waals surface area contributed by atoms with Gasteiger partial charge in [-0.3, -0.25) is 4.57 Å². The van der Waals surface area contributed by atoms with Gasteiger partial charge in [0.05, 0.1) is 25.6 Å². The molecule has 236 valence electrons. The predicted molar refractivity (Wildman–Crippen MR) is 173 cm³/mol. The van der Waals surface area contributed by atoms with Crippen molar-refractivity contribution < 1.29 is 18.7 Å². The van der Waals surface area contributed by atoms with E-state index in [1.54, 1.807) is 10.9 Å². The molecule has 0 radical (unpaired) electrons. The van der Waals surface area contributed by atoms with E-state index in [0.29, 0.717) is 23.5 Å². The molecular weight excluding hydrogens is 553 g/mol. The van der Waals surface area contributed by atoms with Gasteiger partial charge in [0, 0.05) is 8.07 Å². The highest BCUT2D eigenvalue weighted by molar-refractivity contribution is 7.52. The first kappa shape index (κ1) is 35.9. The summed E-state index contributed by atoms with van der Waals surface area (Å²) in [6, 6.07) is 2.98. The van der Waals surface area contributed by atoms with E-state index >= 15 is 0 Å². The van der Waals surface area contributed by atoms with Crippen molar-refractivity contribution in [1.29, 1.82) is 0 Å². The molecule has 0 aliphatic rings. The summed E-state index contributed by atoms with van der Waals surface area (Å²) < 4.78 is 25.0. The van der Waals surface area contributed by atoms with Crippen LogP contribution in [0.1, 0.15) is 104 Å². The molecule has 3 N–H and O–H groups in total. The minimum Gasteiger partial charge on any atom is -0.382 e. The Morgan fingerprint density at radius 1 is 0.902 bits per heavy atom. The van der Waals surface area contributed by atoms with E-state index in [1.165, 1.54) is 82.6 Å². The highest BCUT2D eigenvalue weighted by Gasteiger charge is 2.22. The van der Waals surface area contributed by atoms with E-state index in [9.17, 15) is 9.46 Å². The molecule has 0 bridgehead atoms. The fourth-order valence-corrected chi connectivity index (χ4v) is 10.2. The van der Waals surface area contributed by atoms with Gasteiger partial charge in [0.2, 0.25) is 0 Å². The first-order valence-corrected chi connectivity index (χ1v) is 21.2. The maximum absolute atomic E-state index is 12.3. The maximum Gasteiger partial charge on any atom is 0.353 e. The Morgan fingerprint density at radius 2 is 1.46 bits per heavy atom. The second kappa shape index (κ2) is 19.1. The van der Waals surface area contributed by atoms with Gasteiger partial charge in [-0.05, 0) is 19.3 Å². The molecule has 0 saturated heterocycles. The largest absolute Gasteiger partial charge is 0.382 e. The van der Waals surface area contributed by atoms with Gasteiger partial charge in [-0.15, -0.1) is 0 Å². The molecule has 9 nitrogen and oxygen atoms in total. The highest BCUT2D eigenvalue weighted by atomic mass is 31.2. The quantitative estimate of drug-likeness (QED) is 0.0688. The number of anilines is 1. The summed E-state index contributed by atoms with van der Waals surface area (Å²) >= 11 is 0. The second-order valence-electron chi connectivity index (χ2n) is 13.0. The number of nitrogens with two attached hydrogens (primary N) is 1. The van der Waals surface area contributed by atoms with Crippen molar-refractivity contribution in [1.82, 2.24) is 19.5 Å². The van der Waals surface area contributed by atoms with E-state index in [0.717, 1.165) is 25.2 Å². The van der Waals surface area contributed by atoms with Gasteiger partial charge in [0.15, 0.2) is 11.5 Å². The Bertz CT molecular complexity index is 1040. The minimum absolute atomic E-state index is 0.283. The number of nitrogen functional groups attached to an aromatic ring is 1. The summed E-state index contributed by atoms with van der Waals surface area (Å²) in [6.45, 7) is 12.4. The molecule has 1 unspecified atom stereocenters. The molecular formula is C30H58N5O4PSi. The fourth-order valence-electron chi connectivity index (χ4n) is 5.69. The van der Waals surface area contributed by atoms with E-state index in [-0.39, 0.29) is 19.1 Å². The van der Waals surface area contributed by atoms with E-state index < -0.39 is 15.7 Å². The number of hydrogen-bond donors (Lipinski definition) is 2. The SMILES string of the molecule is CC(C)C[Si](C)(C)CCCCCCCCCCCCCCCOP(=O)(O)CO[C@H](C)Cn1cnc2c(N)ncnc21. The van der Waals surface area contributed by atoms with Gasteiger partial charge in [-0.1, -0.05) is 116 Å². The van der Waals surface area contributed by atoms with Crippen molar-refractivity contribution in [2.24, 2.45) is 5.92 Å². The van der Waals surface area contributed by atoms with Gasteiger partial charge < -0.3 is 24.5 Å². The van der Waals surface area contributed by atoms with Crippen LogP contribution in [0, 0.1) is 5.92 Å². The Hall–Kier alpha value is -1.32. The first-order chi connectivity index (χ1) is 19.5. The number of hydrogen-bond acceptors (Lipinski definition) is 7. The number of imidazole rings is 1. The molecule has 0 aromatic carbocycles. The van der Waals surface area contributed by atoms with Crippen LogP contribution in [0.15, 0.2) is 12.7 Å². The molecule has 0 fully saturated rings. The normalized spacial score (nSPS) is 14.6. The topological polar surface area (TPSA) is 125 Å². The Morgan fingerprint density at radius 3 is 2.05 bits per heavy atom. The lowest BCUT2D eigenvalue weighted by molar-refractivity contribution is 0.0715. The standard InChI is InChI=1S/C30H58N5O4PSi/c1-26(2)22-41(4,5)20-18-16-14-12-10-8-6-7-9-11-13-15-17-19-39-40(36,37)25-38-27(3)21-35-24-34-28-29(31)32-23-33-30(28)35/h23-24,26-27H,6-22,25H2,1-5H3,(H,36,37)(H2,31,32,33)/t27-/m1/s1. The van der Waals surface area contributed by atoms with Crippen molar-refractivity contribution in [2.75, 3.05) is 18.7 Å². The van der Waals surface area contributed by atoms with Gasteiger partial charge in [0.1, 0.15) is 18.2 Å². The zero-order valence-corrected chi connectivity index (χ0v) is 28.4. The number of nitrogens with zero attached hydrogens (tertiary/aromatic N) is 4. The molecule has 0 spiro atoms. The smallest absolute Gasteiger partial charge is 0.353 e. The van der Waals surface area contributed by atoms with Gasteiger partial charge >= 0.3 is 7.60 Å². The Balaban J connectivity index is 1.39. The van der Waals surface area contributed by atoms with E-state index in [4.69, 9.17) is 15.0 Å². The lowest BCUT2D eigenvalue weighted by atomic mass is 10.0. The van der Waals surface area contributed by atoms with Gasteiger partial charge in [-0.25, -0.2) is 15.0 Å². The minimum atomic E-state index is -3.78. The molecule has 0 aliphatic carbocycles. The molecule has 2 heterocycles. The summed E-state index contributed by atoms with van der Waals surface area (Å²) in [7, 11) is -4.73. The lowest BCUT2D eigenvalue weighted by Gasteiger charge is -2.24. The van der Waals surface area contributed by atoms with Crippen molar-refractivity contribution >= 4 is 32.7 Å². The van der Waals surface area contributed by atoms with Crippen molar-refractivity contribution in [3.63, 3.8) is 0 Å². The molecule has 2 atom stereocenters.